The highest BCUT2D eigenvalue weighted by Gasteiger charge is 2.44. The number of aromatic nitrogens is 3. The molecule has 1 aromatic rings. The van der Waals surface area contributed by atoms with E-state index in [1.165, 1.54) is 17.3 Å². The Hall–Kier alpha value is -1.39. The lowest BCUT2D eigenvalue weighted by Gasteiger charge is -2.40. The van der Waals surface area contributed by atoms with Crippen molar-refractivity contribution in [2.24, 2.45) is 11.8 Å². The van der Waals surface area contributed by atoms with Crippen molar-refractivity contribution in [1.29, 1.82) is 0 Å². The molecule has 1 unspecified atom stereocenters. The number of nitrogens with zero attached hydrogens (tertiary/aromatic N) is 4. The molecule has 3 atom stereocenters. The van der Waals surface area contributed by atoms with Gasteiger partial charge in [-0.25, -0.2) is 9.78 Å². The van der Waals surface area contributed by atoms with Crippen LogP contribution in [0.2, 0.25) is 0 Å². The monoisotopic (exact) mass is 248 g/mol. The fourth-order valence-corrected chi connectivity index (χ4v) is 3.50. The van der Waals surface area contributed by atoms with Gasteiger partial charge in [-0.15, -0.1) is 0 Å². The van der Waals surface area contributed by atoms with E-state index in [0.717, 1.165) is 37.5 Å². The van der Waals surface area contributed by atoms with Gasteiger partial charge >= 0.3 is 6.03 Å². The first-order chi connectivity index (χ1) is 8.66. The summed E-state index contributed by atoms with van der Waals surface area (Å²) in [5.74, 6) is 1.49. The van der Waals surface area contributed by atoms with Crippen LogP contribution in [0.3, 0.4) is 0 Å². The number of carbonyl (C=O) groups excluding carboxylic acids is 1. The summed E-state index contributed by atoms with van der Waals surface area (Å²) in [5.41, 5.74) is 0. The maximum absolute atomic E-state index is 12.4. The summed E-state index contributed by atoms with van der Waals surface area (Å²) in [6, 6.07) is 0.822. The zero-order valence-corrected chi connectivity index (χ0v) is 11.0. The first-order valence-electron chi connectivity index (χ1n) is 6.84. The Labute approximate surface area is 107 Å². The number of amides is 1. The number of hydrogen-bond acceptors (Lipinski definition) is 3. The SMILES string of the molecule is CC(C)C1C[C@H]2CC[C@@H](C1)N2C(=O)n1cncn1. The van der Waals surface area contributed by atoms with Crippen molar-refractivity contribution >= 4 is 6.03 Å². The minimum absolute atomic E-state index is 0.00204. The predicted octanol–water partition coefficient (Wildman–Crippen LogP) is 2.15. The van der Waals surface area contributed by atoms with E-state index in [0.29, 0.717) is 12.1 Å². The molecule has 2 bridgehead atoms. The highest BCUT2D eigenvalue weighted by molar-refractivity contribution is 5.76. The highest BCUT2D eigenvalue weighted by Crippen LogP contribution is 2.41. The van der Waals surface area contributed by atoms with Crippen molar-refractivity contribution in [2.45, 2.75) is 51.6 Å². The second kappa shape index (κ2) is 4.37. The summed E-state index contributed by atoms with van der Waals surface area (Å²) >= 11 is 0. The van der Waals surface area contributed by atoms with Crippen molar-refractivity contribution in [3.8, 4) is 0 Å². The molecule has 0 saturated carbocycles. The summed E-state index contributed by atoms with van der Waals surface area (Å²) < 4.78 is 1.36. The van der Waals surface area contributed by atoms with Gasteiger partial charge in [-0.1, -0.05) is 13.8 Å². The normalized spacial score (nSPS) is 31.1. The van der Waals surface area contributed by atoms with Crippen LogP contribution in [0.1, 0.15) is 39.5 Å². The topological polar surface area (TPSA) is 51.0 Å². The van der Waals surface area contributed by atoms with E-state index < -0.39 is 0 Å². The summed E-state index contributed by atoms with van der Waals surface area (Å²) in [6.45, 7) is 4.58. The molecule has 0 aliphatic carbocycles. The van der Waals surface area contributed by atoms with E-state index in [1.54, 1.807) is 0 Å². The maximum atomic E-state index is 12.4. The Balaban J connectivity index is 1.78. The second-order valence-corrected chi connectivity index (χ2v) is 5.89. The third kappa shape index (κ3) is 1.82. The molecule has 18 heavy (non-hydrogen) atoms. The number of hydrogen-bond donors (Lipinski definition) is 0. The fraction of sp³-hybridized carbons (Fsp3) is 0.769. The minimum Gasteiger partial charge on any atom is -0.317 e. The van der Waals surface area contributed by atoms with Gasteiger partial charge in [-0.3, -0.25) is 0 Å². The molecule has 0 spiro atoms. The molecule has 1 amide bonds. The molecule has 5 nitrogen and oxygen atoms in total. The van der Waals surface area contributed by atoms with Crippen molar-refractivity contribution in [1.82, 2.24) is 19.7 Å². The zero-order valence-electron chi connectivity index (χ0n) is 11.0. The van der Waals surface area contributed by atoms with Crippen LogP contribution in [0.5, 0.6) is 0 Å². The first-order valence-corrected chi connectivity index (χ1v) is 6.84. The average molecular weight is 248 g/mol. The lowest BCUT2D eigenvalue weighted by molar-refractivity contribution is 0.105. The van der Waals surface area contributed by atoms with Gasteiger partial charge in [-0.05, 0) is 37.5 Å². The van der Waals surface area contributed by atoms with E-state index in [-0.39, 0.29) is 6.03 Å². The van der Waals surface area contributed by atoms with Gasteiger partial charge in [0.25, 0.3) is 0 Å². The van der Waals surface area contributed by atoms with Crippen LogP contribution in [0.25, 0.3) is 0 Å². The molecule has 98 valence electrons. The van der Waals surface area contributed by atoms with Gasteiger partial charge in [0.1, 0.15) is 12.7 Å². The fourth-order valence-electron chi connectivity index (χ4n) is 3.50. The standard InChI is InChI=1S/C13H20N4O/c1-9(2)10-5-11-3-4-12(6-10)17(11)13(18)16-8-14-7-15-16/h7-12H,3-6H2,1-2H3/t10?,11-,12+. The van der Waals surface area contributed by atoms with Crippen LogP contribution in [0.15, 0.2) is 12.7 Å². The molecule has 2 saturated heterocycles. The molecule has 1 aromatic heterocycles. The average Bonchev–Trinajstić information content (AvgIpc) is 2.95. The van der Waals surface area contributed by atoms with E-state index >= 15 is 0 Å². The lowest BCUT2D eigenvalue weighted by Crippen LogP contribution is -2.49. The molecule has 0 radical (unpaired) electrons. The molecule has 5 heteroatoms. The molecular weight excluding hydrogens is 228 g/mol. The Kier molecular flexibility index (Phi) is 2.84. The van der Waals surface area contributed by atoms with Gasteiger partial charge in [0.15, 0.2) is 0 Å². The lowest BCUT2D eigenvalue weighted by atomic mass is 9.83. The smallest absolute Gasteiger partial charge is 0.317 e. The molecule has 2 fully saturated rings. The van der Waals surface area contributed by atoms with Crippen molar-refractivity contribution < 1.29 is 4.79 Å². The van der Waals surface area contributed by atoms with Crippen molar-refractivity contribution in [3.63, 3.8) is 0 Å². The third-order valence-corrected chi connectivity index (χ3v) is 4.55. The zero-order chi connectivity index (χ0) is 12.7. The number of fused-ring (bicyclic) bond motifs is 2. The Morgan fingerprint density at radius 3 is 2.44 bits per heavy atom. The molecule has 0 N–H and O–H groups in total. The first kappa shape index (κ1) is 11.7. The molecule has 3 rings (SSSR count). The summed E-state index contributed by atoms with van der Waals surface area (Å²) in [4.78, 5) is 18.3. The Morgan fingerprint density at radius 2 is 1.94 bits per heavy atom. The quantitative estimate of drug-likeness (QED) is 0.765. The van der Waals surface area contributed by atoms with Gasteiger partial charge in [0, 0.05) is 12.1 Å². The summed E-state index contributed by atoms with van der Waals surface area (Å²) in [6.07, 6.45) is 7.50. The Bertz CT molecular complexity index is 414. The third-order valence-electron chi connectivity index (χ3n) is 4.55. The Morgan fingerprint density at radius 1 is 1.28 bits per heavy atom. The van der Waals surface area contributed by atoms with Gasteiger partial charge in [0.2, 0.25) is 0 Å². The van der Waals surface area contributed by atoms with Crippen LogP contribution in [0, 0.1) is 11.8 Å². The number of rotatable bonds is 1. The van der Waals surface area contributed by atoms with Crippen LogP contribution in [0.4, 0.5) is 4.79 Å². The van der Waals surface area contributed by atoms with E-state index in [4.69, 9.17) is 0 Å². The molecule has 2 aliphatic heterocycles. The molecular formula is C13H20N4O. The van der Waals surface area contributed by atoms with Gasteiger partial charge in [0.05, 0.1) is 0 Å². The van der Waals surface area contributed by atoms with Crippen LogP contribution >= 0.6 is 0 Å². The van der Waals surface area contributed by atoms with Crippen LogP contribution in [-0.2, 0) is 0 Å². The highest BCUT2D eigenvalue weighted by atomic mass is 16.2. The largest absolute Gasteiger partial charge is 0.346 e. The van der Waals surface area contributed by atoms with E-state index in [9.17, 15) is 4.79 Å². The minimum atomic E-state index is 0.00204. The summed E-state index contributed by atoms with van der Waals surface area (Å²) in [5, 5.41) is 3.96. The predicted molar refractivity (Wildman–Crippen MR) is 67.0 cm³/mol. The number of piperidine rings is 1. The second-order valence-electron chi connectivity index (χ2n) is 5.89. The van der Waals surface area contributed by atoms with Crippen LogP contribution < -0.4 is 0 Å². The number of carbonyl (C=O) groups is 1. The van der Waals surface area contributed by atoms with Gasteiger partial charge < -0.3 is 4.90 Å². The molecule has 0 aromatic carbocycles. The maximum Gasteiger partial charge on any atom is 0.346 e. The van der Waals surface area contributed by atoms with Crippen molar-refractivity contribution in [2.75, 3.05) is 0 Å². The van der Waals surface area contributed by atoms with Crippen LogP contribution in [-0.4, -0.2) is 37.8 Å². The molecule has 2 aliphatic rings. The molecule has 3 heterocycles. The van der Waals surface area contributed by atoms with E-state index in [1.807, 2.05) is 4.90 Å². The summed E-state index contributed by atoms with van der Waals surface area (Å²) in [7, 11) is 0. The van der Waals surface area contributed by atoms with Gasteiger partial charge in [-0.2, -0.15) is 9.78 Å². The van der Waals surface area contributed by atoms with Crippen molar-refractivity contribution in [3.05, 3.63) is 12.7 Å². The van der Waals surface area contributed by atoms with E-state index in [2.05, 4.69) is 23.9 Å².